The van der Waals surface area contributed by atoms with E-state index >= 15 is 0 Å². The second kappa shape index (κ2) is 7.12. The lowest BCUT2D eigenvalue weighted by atomic mass is 9.78. The Labute approximate surface area is 112 Å². The number of amides is 1. The van der Waals surface area contributed by atoms with Crippen molar-refractivity contribution < 1.29 is 18.0 Å². The summed E-state index contributed by atoms with van der Waals surface area (Å²) in [6.45, 7) is 2.33. The molecule has 1 fully saturated rings. The van der Waals surface area contributed by atoms with E-state index in [4.69, 9.17) is 5.73 Å². The summed E-state index contributed by atoms with van der Waals surface area (Å²) >= 11 is 0. The first kappa shape index (κ1) is 16.3. The van der Waals surface area contributed by atoms with Gasteiger partial charge in [0.1, 0.15) is 0 Å². The van der Waals surface area contributed by atoms with Crippen molar-refractivity contribution in [1.29, 1.82) is 0 Å². The molecular formula is C13H23F3N2O. The summed E-state index contributed by atoms with van der Waals surface area (Å²) in [6.07, 6.45) is -1.69. The molecule has 0 aromatic heterocycles. The van der Waals surface area contributed by atoms with Gasteiger partial charge in [0.15, 0.2) is 0 Å². The largest absolute Gasteiger partial charge is 0.389 e. The lowest BCUT2D eigenvalue weighted by Gasteiger charge is -2.32. The predicted molar refractivity (Wildman–Crippen MR) is 67.4 cm³/mol. The Balaban J connectivity index is 2.20. The Kier molecular flexibility index (Phi) is 6.10. The molecule has 3 atom stereocenters. The molecule has 1 saturated carbocycles. The fourth-order valence-electron chi connectivity index (χ4n) is 2.54. The zero-order chi connectivity index (χ0) is 14.5. The molecule has 1 aliphatic rings. The first-order valence-electron chi connectivity index (χ1n) is 6.91. The number of hydrogen-bond donors (Lipinski definition) is 2. The number of nitrogens with one attached hydrogen (secondary N) is 1. The molecule has 112 valence electrons. The van der Waals surface area contributed by atoms with Gasteiger partial charge in [0.2, 0.25) is 5.91 Å². The zero-order valence-electron chi connectivity index (χ0n) is 11.3. The van der Waals surface area contributed by atoms with Crippen LogP contribution in [0.15, 0.2) is 0 Å². The molecule has 1 rings (SSSR count). The lowest BCUT2D eigenvalue weighted by molar-refractivity contribution is -0.135. The third-order valence-corrected chi connectivity index (χ3v) is 3.82. The monoisotopic (exact) mass is 280 g/mol. The van der Waals surface area contributed by atoms with Crippen LogP contribution in [0.25, 0.3) is 0 Å². The maximum absolute atomic E-state index is 11.9. The topological polar surface area (TPSA) is 55.1 Å². The van der Waals surface area contributed by atoms with Crippen molar-refractivity contribution in [3.63, 3.8) is 0 Å². The second-order valence-corrected chi connectivity index (χ2v) is 5.46. The van der Waals surface area contributed by atoms with Gasteiger partial charge >= 0.3 is 6.18 Å². The molecule has 0 aromatic rings. The van der Waals surface area contributed by atoms with Gasteiger partial charge in [-0.1, -0.05) is 13.3 Å². The standard InChI is InChI=1S/C13H23F3N2O/c1-9-5-4-6-10(11(9)17)12(19)18-8-3-2-7-13(14,15)16/h9-11H,2-8,17H2,1H3,(H,18,19). The van der Waals surface area contributed by atoms with Gasteiger partial charge in [-0.3, -0.25) is 4.79 Å². The van der Waals surface area contributed by atoms with Crippen LogP contribution < -0.4 is 11.1 Å². The normalized spacial score (nSPS) is 28.2. The molecule has 0 saturated heterocycles. The summed E-state index contributed by atoms with van der Waals surface area (Å²) < 4.78 is 35.8. The van der Waals surface area contributed by atoms with Crippen molar-refractivity contribution >= 4 is 5.91 Å². The highest BCUT2D eigenvalue weighted by Crippen LogP contribution is 2.28. The second-order valence-electron chi connectivity index (χ2n) is 5.46. The molecule has 6 heteroatoms. The number of halogens is 3. The number of rotatable bonds is 5. The minimum Gasteiger partial charge on any atom is -0.356 e. The number of unbranched alkanes of at least 4 members (excludes halogenated alkanes) is 1. The van der Waals surface area contributed by atoms with Crippen LogP contribution in [-0.4, -0.2) is 24.7 Å². The van der Waals surface area contributed by atoms with Crippen LogP contribution >= 0.6 is 0 Å². The molecule has 3 N–H and O–H groups in total. The van der Waals surface area contributed by atoms with Gasteiger partial charge in [-0.25, -0.2) is 0 Å². The van der Waals surface area contributed by atoms with E-state index in [1.165, 1.54) is 0 Å². The smallest absolute Gasteiger partial charge is 0.356 e. The molecule has 0 spiro atoms. The third-order valence-electron chi connectivity index (χ3n) is 3.82. The van der Waals surface area contributed by atoms with E-state index < -0.39 is 12.6 Å². The molecule has 0 aliphatic heterocycles. The van der Waals surface area contributed by atoms with Gasteiger partial charge in [0.05, 0.1) is 5.92 Å². The average molecular weight is 280 g/mol. The molecular weight excluding hydrogens is 257 g/mol. The highest BCUT2D eigenvalue weighted by molar-refractivity contribution is 5.79. The van der Waals surface area contributed by atoms with E-state index in [1.54, 1.807) is 0 Å². The van der Waals surface area contributed by atoms with Crippen molar-refractivity contribution in [2.24, 2.45) is 17.6 Å². The number of carbonyl (C=O) groups excluding carboxylic acids is 1. The van der Waals surface area contributed by atoms with Crippen LogP contribution in [-0.2, 0) is 4.79 Å². The first-order valence-corrected chi connectivity index (χ1v) is 6.91. The van der Waals surface area contributed by atoms with Crippen LogP contribution in [0.4, 0.5) is 13.2 Å². The Bertz CT molecular complexity index is 294. The Morgan fingerprint density at radius 2 is 2.00 bits per heavy atom. The van der Waals surface area contributed by atoms with E-state index in [9.17, 15) is 18.0 Å². The maximum Gasteiger partial charge on any atom is 0.389 e. The van der Waals surface area contributed by atoms with E-state index in [0.29, 0.717) is 18.9 Å². The zero-order valence-corrected chi connectivity index (χ0v) is 11.3. The van der Waals surface area contributed by atoms with Gasteiger partial charge in [-0.2, -0.15) is 13.2 Å². The fourth-order valence-corrected chi connectivity index (χ4v) is 2.54. The van der Waals surface area contributed by atoms with Gasteiger partial charge in [0.25, 0.3) is 0 Å². The van der Waals surface area contributed by atoms with Crippen LogP contribution in [0.5, 0.6) is 0 Å². The quantitative estimate of drug-likeness (QED) is 0.761. The molecule has 3 nitrogen and oxygen atoms in total. The summed E-state index contributed by atoms with van der Waals surface area (Å²) in [5.74, 6) is 0.0344. The molecule has 1 amide bonds. The summed E-state index contributed by atoms with van der Waals surface area (Å²) in [5.41, 5.74) is 6.00. The number of alkyl halides is 3. The van der Waals surface area contributed by atoms with Crippen LogP contribution in [0.2, 0.25) is 0 Å². The Morgan fingerprint density at radius 1 is 1.32 bits per heavy atom. The van der Waals surface area contributed by atoms with E-state index in [2.05, 4.69) is 5.32 Å². The molecule has 3 unspecified atom stereocenters. The van der Waals surface area contributed by atoms with Gasteiger partial charge in [0, 0.05) is 19.0 Å². The Hall–Kier alpha value is -0.780. The fraction of sp³-hybridized carbons (Fsp3) is 0.923. The van der Waals surface area contributed by atoms with Crippen LogP contribution in [0.1, 0.15) is 45.4 Å². The highest BCUT2D eigenvalue weighted by atomic mass is 19.4. The van der Waals surface area contributed by atoms with Crippen molar-refractivity contribution in [2.45, 2.75) is 57.7 Å². The van der Waals surface area contributed by atoms with E-state index in [1.807, 2.05) is 6.92 Å². The summed E-state index contributed by atoms with van der Waals surface area (Å²) in [7, 11) is 0. The van der Waals surface area contributed by atoms with Crippen molar-refractivity contribution in [1.82, 2.24) is 5.32 Å². The van der Waals surface area contributed by atoms with Gasteiger partial charge in [-0.15, -0.1) is 0 Å². The number of nitrogens with two attached hydrogens (primary N) is 1. The van der Waals surface area contributed by atoms with E-state index in [0.717, 1.165) is 19.3 Å². The highest BCUT2D eigenvalue weighted by Gasteiger charge is 2.32. The molecule has 0 radical (unpaired) electrons. The molecule has 0 heterocycles. The number of hydrogen-bond acceptors (Lipinski definition) is 2. The SMILES string of the molecule is CC1CCCC(C(=O)NCCCCC(F)(F)F)C1N. The summed E-state index contributed by atoms with van der Waals surface area (Å²) in [6, 6.07) is -0.135. The predicted octanol–water partition coefficient (Wildman–Crippen LogP) is 2.60. The molecule has 1 aliphatic carbocycles. The van der Waals surface area contributed by atoms with Gasteiger partial charge in [-0.05, 0) is 31.6 Å². The molecule has 0 aromatic carbocycles. The minimum atomic E-state index is -4.11. The minimum absolute atomic E-state index is 0.0525. The summed E-state index contributed by atoms with van der Waals surface area (Å²) in [4.78, 5) is 11.9. The number of carbonyl (C=O) groups is 1. The van der Waals surface area contributed by atoms with Crippen LogP contribution in [0, 0.1) is 11.8 Å². The van der Waals surface area contributed by atoms with Crippen molar-refractivity contribution in [3.8, 4) is 0 Å². The molecule has 19 heavy (non-hydrogen) atoms. The van der Waals surface area contributed by atoms with Crippen LogP contribution in [0.3, 0.4) is 0 Å². The first-order chi connectivity index (χ1) is 8.81. The maximum atomic E-state index is 11.9. The lowest BCUT2D eigenvalue weighted by Crippen LogP contribution is -2.47. The van der Waals surface area contributed by atoms with Crippen molar-refractivity contribution in [3.05, 3.63) is 0 Å². The van der Waals surface area contributed by atoms with Crippen molar-refractivity contribution in [2.75, 3.05) is 6.54 Å². The summed E-state index contributed by atoms with van der Waals surface area (Å²) in [5, 5.41) is 2.70. The van der Waals surface area contributed by atoms with E-state index in [-0.39, 0.29) is 24.3 Å². The third kappa shape index (κ3) is 5.80. The van der Waals surface area contributed by atoms with Gasteiger partial charge < -0.3 is 11.1 Å². The molecule has 0 bridgehead atoms. The average Bonchev–Trinajstić information content (AvgIpc) is 2.30. The Morgan fingerprint density at radius 3 is 2.63 bits per heavy atom.